The van der Waals surface area contributed by atoms with Gasteiger partial charge in [0, 0.05) is 19.1 Å². The van der Waals surface area contributed by atoms with Gasteiger partial charge in [0.05, 0.1) is 19.8 Å². The second kappa shape index (κ2) is 8.45. The SMILES string of the molecule is COCCOCC(C)NC(=O)[C@@H]1CCC[C@@H]1CN. The standard InChI is InChI=1S/C13H26N2O3/c1-10(9-18-7-6-17-2)15-13(16)12-5-3-4-11(12)8-14/h10-12H,3-9,14H2,1-2H3,(H,15,16)/t10?,11-,12-/m1/s1. The van der Waals surface area contributed by atoms with Crippen molar-refractivity contribution >= 4 is 5.91 Å². The van der Waals surface area contributed by atoms with Crippen LogP contribution >= 0.6 is 0 Å². The van der Waals surface area contributed by atoms with Crippen LogP contribution in [0, 0.1) is 11.8 Å². The van der Waals surface area contributed by atoms with Gasteiger partial charge in [-0.2, -0.15) is 0 Å². The molecule has 1 unspecified atom stereocenters. The Balaban J connectivity index is 2.22. The lowest BCUT2D eigenvalue weighted by atomic mass is 9.95. The molecule has 1 amide bonds. The zero-order valence-electron chi connectivity index (χ0n) is 11.5. The Morgan fingerprint density at radius 3 is 2.89 bits per heavy atom. The van der Waals surface area contributed by atoms with Crippen LogP contribution in [0.25, 0.3) is 0 Å². The molecule has 3 atom stereocenters. The highest BCUT2D eigenvalue weighted by Gasteiger charge is 2.32. The van der Waals surface area contributed by atoms with Crippen LogP contribution < -0.4 is 11.1 Å². The maximum atomic E-state index is 12.1. The molecule has 0 aromatic rings. The Kier molecular flexibility index (Phi) is 7.23. The van der Waals surface area contributed by atoms with Crippen molar-refractivity contribution in [3.8, 4) is 0 Å². The molecule has 1 fully saturated rings. The molecule has 0 bridgehead atoms. The van der Waals surface area contributed by atoms with Crippen molar-refractivity contribution < 1.29 is 14.3 Å². The summed E-state index contributed by atoms with van der Waals surface area (Å²) in [5, 5.41) is 3.00. The first-order valence-electron chi connectivity index (χ1n) is 6.76. The van der Waals surface area contributed by atoms with E-state index in [1.807, 2.05) is 6.92 Å². The molecular weight excluding hydrogens is 232 g/mol. The summed E-state index contributed by atoms with van der Waals surface area (Å²) >= 11 is 0. The summed E-state index contributed by atoms with van der Waals surface area (Å²) in [4.78, 5) is 12.1. The zero-order chi connectivity index (χ0) is 13.4. The van der Waals surface area contributed by atoms with Crippen LogP contribution in [0.5, 0.6) is 0 Å². The molecule has 0 radical (unpaired) electrons. The minimum atomic E-state index is 0.0355. The van der Waals surface area contributed by atoms with E-state index in [1.165, 1.54) is 0 Å². The molecule has 1 aliphatic carbocycles. The molecule has 0 aromatic heterocycles. The van der Waals surface area contributed by atoms with Crippen molar-refractivity contribution in [2.75, 3.05) is 33.5 Å². The van der Waals surface area contributed by atoms with E-state index in [0.29, 0.717) is 32.3 Å². The molecule has 0 aliphatic heterocycles. The van der Waals surface area contributed by atoms with Crippen molar-refractivity contribution in [1.82, 2.24) is 5.32 Å². The van der Waals surface area contributed by atoms with Crippen LogP contribution in [0.3, 0.4) is 0 Å². The first-order chi connectivity index (χ1) is 8.69. The van der Waals surface area contributed by atoms with Crippen LogP contribution in [0.1, 0.15) is 26.2 Å². The first-order valence-corrected chi connectivity index (χ1v) is 6.76. The Hall–Kier alpha value is -0.650. The van der Waals surface area contributed by atoms with Crippen LogP contribution in [0.4, 0.5) is 0 Å². The Bertz CT molecular complexity index is 248. The van der Waals surface area contributed by atoms with Crippen LogP contribution in [0.15, 0.2) is 0 Å². The lowest BCUT2D eigenvalue weighted by Crippen LogP contribution is -2.41. The van der Waals surface area contributed by atoms with Crippen LogP contribution in [0.2, 0.25) is 0 Å². The zero-order valence-corrected chi connectivity index (χ0v) is 11.5. The molecule has 1 rings (SSSR count). The van der Waals surface area contributed by atoms with Gasteiger partial charge in [-0.3, -0.25) is 4.79 Å². The van der Waals surface area contributed by atoms with Gasteiger partial charge >= 0.3 is 0 Å². The fourth-order valence-electron chi connectivity index (χ4n) is 2.46. The number of ether oxygens (including phenoxy) is 2. The highest BCUT2D eigenvalue weighted by atomic mass is 16.5. The third kappa shape index (κ3) is 4.92. The third-order valence-electron chi connectivity index (χ3n) is 3.49. The van der Waals surface area contributed by atoms with E-state index in [-0.39, 0.29) is 17.9 Å². The lowest BCUT2D eigenvalue weighted by molar-refractivity contribution is -0.127. The number of rotatable bonds is 8. The molecule has 1 saturated carbocycles. The molecule has 106 valence electrons. The van der Waals surface area contributed by atoms with E-state index in [9.17, 15) is 4.79 Å². The predicted molar refractivity (Wildman–Crippen MR) is 70.2 cm³/mol. The summed E-state index contributed by atoms with van der Waals surface area (Å²) in [7, 11) is 1.64. The van der Waals surface area contributed by atoms with Crippen molar-refractivity contribution in [3.05, 3.63) is 0 Å². The van der Waals surface area contributed by atoms with Crippen LogP contribution in [-0.4, -0.2) is 45.4 Å². The largest absolute Gasteiger partial charge is 0.382 e. The second-order valence-electron chi connectivity index (χ2n) is 5.01. The van der Waals surface area contributed by atoms with Gasteiger partial charge in [-0.1, -0.05) is 6.42 Å². The summed E-state index contributed by atoms with van der Waals surface area (Å²) < 4.78 is 10.3. The molecule has 3 N–H and O–H groups in total. The number of nitrogens with two attached hydrogens (primary N) is 1. The van der Waals surface area contributed by atoms with Gasteiger partial charge in [0.1, 0.15) is 0 Å². The number of amides is 1. The summed E-state index contributed by atoms with van der Waals surface area (Å²) in [5.41, 5.74) is 5.69. The smallest absolute Gasteiger partial charge is 0.223 e. The fourth-order valence-corrected chi connectivity index (χ4v) is 2.46. The average Bonchev–Trinajstić information content (AvgIpc) is 2.83. The molecular formula is C13H26N2O3. The molecule has 0 aromatic carbocycles. The molecule has 1 aliphatic rings. The Morgan fingerprint density at radius 1 is 1.44 bits per heavy atom. The maximum absolute atomic E-state index is 12.1. The van der Waals surface area contributed by atoms with Gasteiger partial charge in [0.15, 0.2) is 0 Å². The fraction of sp³-hybridized carbons (Fsp3) is 0.923. The van der Waals surface area contributed by atoms with Gasteiger partial charge in [-0.05, 0) is 32.2 Å². The summed E-state index contributed by atoms with van der Waals surface area (Å²) in [5.74, 6) is 0.578. The number of hydrogen-bond acceptors (Lipinski definition) is 4. The van der Waals surface area contributed by atoms with Gasteiger partial charge in [-0.15, -0.1) is 0 Å². The summed E-state index contributed by atoms with van der Waals surface area (Å²) in [6, 6.07) is 0.0355. The third-order valence-corrected chi connectivity index (χ3v) is 3.49. The van der Waals surface area contributed by atoms with Gasteiger partial charge in [0.2, 0.25) is 5.91 Å². The van der Waals surface area contributed by atoms with E-state index >= 15 is 0 Å². The normalized spacial score (nSPS) is 25.1. The number of carbonyl (C=O) groups is 1. The van der Waals surface area contributed by atoms with E-state index in [4.69, 9.17) is 15.2 Å². The summed E-state index contributed by atoms with van der Waals surface area (Å²) in [6.45, 7) is 4.23. The average molecular weight is 258 g/mol. The van der Waals surface area contributed by atoms with Crippen molar-refractivity contribution in [2.24, 2.45) is 17.6 Å². The molecule has 0 spiro atoms. The van der Waals surface area contributed by atoms with Gasteiger partial charge in [-0.25, -0.2) is 0 Å². The number of nitrogens with one attached hydrogen (secondary N) is 1. The van der Waals surface area contributed by atoms with E-state index in [0.717, 1.165) is 19.3 Å². The Labute approximate surface area is 109 Å². The maximum Gasteiger partial charge on any atom is 0.223 e. The van der Waals surface area contributed by atoms with E-state index in [2.05, 4.69) is 5.32 Å². The van der Waals surface area contributed by atoms with Crippen molar-refractivity contribution in [3.63, 3.8) is 0 Å². The first kappa shape index (κ1) is 15.4. The van der Waals surface area contributed by atoms with Gasteiger partial charge in [0.25, 0.3) is 0 Å². The monoisotopic (exact) mass is 258 g/mol. The minimum Gasteiger partial charge on any atom is -0.382 e. The molecule has 5 heteroatoms. The second-order valence-corrected chi connectivity index (χ2v) is 5.01. The van der Waals surface area contributed by atoms with E-state index < -0.39 is 0 Å². The molecule has 0 saturated heterocycles. The van der Waals surface area contributed by atoms with Gasteiger partial charge < -0.3 is 20.5 Å². The quantitative estimate of drug-likeness (QED) is 0.623. The predicted octanol–water partition coefficient (Wildman–Crippen LogP) is 0.529. The van der Waals surface area contributed by atoms with E-state index in [1.54, 1.807) is 7.11 Å². The lowest BCUT2D eigenvalue weighted by Gasteiger charge is -2.20. The topological polar surface area (TPSA) is 73.6 Å². The molecule has 18 heavy (non-hydrogen) atoms. The van der Waals surface area contributed by atoms with Crippen LogP contribution in [-0.2, 0) is 14.3 Å². The molecule has 5 nitrogen and oxygen atoms in total. The highest BCUT2D eigenvalue weighted by molar-refractivity contribution is 5.79. The van der Waals surface area contributed by atoms with Crippen molar-refractivity contribution in [1.29, 1.82) is 0 Å². The highest BCUT2D eigenvalue weighted by Crippen LogP contribution is 2.30. The minimum absolute atomic E-state index is 0.0355. The molecule has 0 heterocycles. The number of carbonyl (C=O) groups excluding carboxylic acids is 1. The summed E-state index contributed by atoms with van der Waals surface area (Å²) in [6.07, 6.45) is 3.15. The Morgan fingerprint density at radius 2 is 2.22 bits per heavy atom. The van der Waals surface area contributed by atoms with Crippen molar-refractivity contribution in [2.45, 2.75) is 32.2 Å². The number of hydrogen-bond donors (Lipinski definition) is 2. The number of methoxy groups -OCH3 is 1.